The monoisotopic (exact) mass is 780 g/mol. The molecular weight excluding hydrogens is 698 g/mol. The van der Waals surface area contributed by atoms with Gasteiger partial charge in [-0.3, -0.25) is 9.59 Å². The molecule has 0 radical (unpaired) electrons. The van der Waals surface area contributed by atoms with E-state index in [0.29, 0.717) is 57.5 Å². The van der Waals surface area contributed by atoms with Gasteiger partial charge in [-0.2, -0.15) is 0 Å². The number of rotatable bonds is 32. The van der Waals surface area contributed by atoms with Gasteiger partial charge in [-0.05, 0) is 114 Å². The molecule has 2 aliphatic heterocycles. The highest BCUT2D eigenvalue weighted by Gasteiger charge is 2.50. The Hall–Kier alpha value is -1.30. The molecule has 0 aromatic carbocycles. The van der Waals surface area contributed by atoms with Crippen molar-refractivity contribution < 1.29 is 43.1 Å². The zero-order valence-corrected chi connectivity index (χ0v) is 35.2. The van der Waals surface area contributed by atoms with Gasteiger partial charge in [0.1, 0.15) is 0 Å². The third-order valence-corrected chi connectivity index (χ3v) is 13.0. The molecule has 2 unspecified atom stereocenters. The van der Waals surface area contributed by atoms with Gasteiger partial charge in [-0.15, -0.1) is 0 Å². The third-order valence-electron chi connectivity index (χ3n) is 13.0. The topological polar surface area (TPSA) is 113 Å². The molecule has 0 spiro atoms. The van der Waals surface area contributed by atoms with Crippen LogP contribution in [-0.4, -0.2) is 99.4 Å². The number of piperidine rings is 1. The van der Waals surface area contributed by atoms with Gasteiger partial charge in [0, 0.05) is 32.7 Å². The lowest BCUT2D eigenvalue weighted by molar-refractivity contribution is -0.160. The molecule has 320 valence electrons. The van der Waals surface area contributed by atoms with Gasteiger partial charge in [-0.1, -0.05) is 78.1 Å². The van der Waals surface area contributed by atoms with Crippen LogP contribution in [0, 0.1) is 17.3 Å². The molecular formula is C45H81NO9. The van der Waals surface area contributed by atoms with Gasteiger partial charge in [0.2, 0.25) is 0 Å². The predicted molar refractivity (Wildman–Crippen MR) is 215 cm³/mol. The summed E-state index contributed by atoms with van der Waals surface area (Å²) in [6, 6.07) is 0. The van der Waals surface area contributed by atoms with Crippen LogP contribution in [0.1, 0.15) is 181 Å². The van der Waals surface area contributed by atoms with Crippen molar-refractivity contribution in [3.8, 4) is 0 Å². The highest BCUT2D eigenvalue weighted by atomic mass is 16.7. The van der Waals surface area contributed by atoms with Crippen molar-refractivity contribution in [1.29, 1.82) is 0 Å². The summed E-state index contributed by atoms with van der Waals surface area (Å²) >= 11 is 0. The van der Waals surface area contributed by atoms with Gasteiger partial charge in [0.25, 0.3) is 0 Å². The van der Waals surface area contributed by atoms with E-state index < -0.39 is 0 Å². The van der Waals surface area contributed by atoms with Crippen molar-refractivity contribution in [1.82, 2.24) is 4.90 Å². The summed E-state index contributed by atoms with van der Waals surface area (Å²) in [6.45, 7) is 9.66. The zero-order valence-electron chi connectivity index (χ0n) is 35.2. The van der Waals surface area contributed by atoms with Gasteiger partial charge >= 0.3 is 11.9 Å². The fraction of sp³-hybridized carbons (Fsp3) is 0.956. The Balaban J connectivity index is 1.17. The van der Waals surface area contributed by atoms with Crippen LogP contribution in [0.4, 0.5) is 0 Å². The Bertz CT molecular complexity index is 974. The third kappa shape index (κ3) is 17.6. The summed E-state index contributed by atoms with van der Waals surface area (Å²) in [4.78, 5) is 28.3. The van der Waals surface area contributed by atoms with Crippen LogP contribution in [0.2, 0.25) is 0 Å². The number of ether oxygens (including phenoxy) is 6. The Morgan fingerprint density at radius 1 is 0.673 bits per heavy atom. The molecule has 0 aromatic heterocycles. The van der Waals surface area contributed by atoms with E-state index in [4.69, 9.17) is 28.4 Å². The number of hydrogen-bond donors (Lipinski definition) is 1. The van der Waals surface area contributed by atoms with Crippen molar-refractivity contribution in [3.63, 3.8) is 0 Å². The summed E-state index contributed by atoms with van der Waals surface area (Å²) in [6.07, 6.45) is 26.1. The van der Waals surface area contributed by atoms with Crippen molar-refractivity contribution in [2.24, 2.45) is 17.3 Å². The van der Waals surface area contributed by atoms with Crippen LogP contribution in [0.5, 0.6) is 0 Å². The summed E-state index contributed by atoms with van der Waals surface area (Å²) < 4.78 is 36.5. The first-order chi connectivity index (χ1) is 26.9. The van der Waals surface area contributed by atoms with Crippen molar-refractivity contribution >= 4 is 11.9 Å². The van der Waals surface area contributed by atoms with Crippen LogP contribution >= 0.6 is 0 Å². The quantitative estimate of drug-likeness (QED) is 0.0403. The van der Waals surface area contributed by atoms with E-state index in [1.807, 2.05) is 0 Å². The fourth-order valence-electron chi connectivity index (χ4n) is 9.35. The van der Waals surface area contributed by atoms with Crippen LogP contribution < -0.4 is 0 Å². The second kappa shape index (κ2) is 27.4. The lowest BCUT2D eigenvalue weighted by atomic mass is 9.67. The number of carbonyl (C=O) groups is 2. The first kappa shape index (κ1) is 46.4. The maximum absolute atomic E-state index is 13.0. The van der Waals surface area contributed by atoms with Gasteiger partial charge < -0.3 is 38.4 Å². The highest BCUT2D eigenvalue weighted by molar-refractivity contribution is 5.69. The van der Waals surface area contributed by atoms with Crippen molar-refractivity contribution in [2.75, 3.05) is 52.7 Å². The van der Waals surface area contributed by atoms with E-state index in [1.165, 1.54) is 89.9 Å². The maximum atomic E-state index is 13.0. The minimum Gasteiger partial charge on any atom is -0.466 e. The van der Waals surface area contributed by atoms with Crippen molar-refractivity contribution in [3.05, 3.63) is 0 Å². The summed E-state index contributed by atoms with van der Waals surface area (Å²) in [5.41, 5.74) is -0.0519. The van der Waals surface area contributed by atoms with E-state index in [9.17, 15) is 14.7 Å². The number of fused-ring (bicyclic) bond motifs is 2. The second-order valence-electron chi connectivity index (χ2n) is 17.3. The molecule has 2 saturated heterocycles. The minimum atomic E-state index is -0.374. The minimum absolute atomic E-state index is 0.0519. The van der Waals surface area contributed by atoms with Crippen LogP contribution in [0.25, 0.3) is 0 Å². The Labute approximate surface area is 334 Å². The number of likely N-dealkylation sites (tertiary alicyclic amines) is 1. The number of nitrogens with zero attached hydrogens (tertiary/aromatic N) is 1. The predicted octanol–water partition coefficient (Wildman–Crippen LogP) is 9.28. The lowest BCUT2D eigenvalue weighted by Crippen LogP contribution is -2.45. The van der Waals surface area contributed by atoms with Gasteiger partial charge in [0.15, 0.2) is 12.6 Å². The van der Waals surface area contributed by atoms with Gasteiger partial charge in [-0.25, -0.2) is 0 Å². The molecule has 10 nitrogen and oxygen atoms in total. The molecule has 2 bridgehead atoms. The normalized spacial score (nSPS) is 24.7. The number of aliphatic hydroxyl groups excluding tert-OH is 1. The molecule has 5 fully saturated rings. The summed E-state index contributed by atoms with van der Waals surface area (Å²) in [5, 5.41) is 9.24. The molecule has 55 heavy (non-hydrogen) atoms. The second-order valence-corrected chi connectivity index (χ2v) is 17.3. The van der Waals surface area contributed by atoms with E-state index >= 15 is 0 Å². The Morgan fingerprint density at radius 2 is 1.18 bits per heavy atom. The van der Waals surface area contributed by atoms with E-state index in [-0.39, 0.29) is 55.2 Å². The van der Waals surface area contributed by atoms with E-state index in [0.717, 1.165) is 71.0 Å². The van der Waals surface area contributed by atoms with Crippen LogP contribution in [0.3, 0.4) is 0 Å². The lowest BCUT2D eigenvalue weighted by Gasteiger charge is -2.43. The summed E-state index contributed by atoms with van der Waals surface area (Å²) in [7, 11) is 0. The van der Waals surface area contributed by atoms with Crippen LogP contribution in [-0.2, 0) is 38.0 Å². The molecule has 3 aliphatic carbocycles. The Kier molecular flexibility index (Phi) is 23.1. The van der Waals surface area contributed by atoms with E-state index in [2.05, 4.69) is 18.7 Å². The molecule has 2 atom stereocenters. The molecule has 1 N–H and O–H groups in total. The standard InChI is InChI=1S/C45H81NO9/c1-3-5-7-9-11-15-33-52-41(53-34-16-12-10-8-6-4-2)23-21-39(48)50-35-27-45(25-30-46(31-26-45)29-13-14-32-47)28-36-51-40(49)22-24-42-54-43-37-17-18-38(20-19-37)44(43)55-42/h37-38,41-44,47H,3-36H2,1-2H3. The van der Waals surface area contributed by atoms with Gasteiger partial charge in [0.05, 0.1) is 38.3 Å². The molecule has 5 aliphatic rings. The van der Waals surface area contributed by atoms with Crippen molar-refractivity contribution in [2.45, 2.75) is 206 Å². The van der Waals surface area contributed by atoms with E-state index in [1.54, 1.807) is 0 Å². The Morgan fingerprint density at radius 3 is 1.71 bits per heavy atom. The largest absolute Gasteiger partial charge is 0.466 e. The fourth-order valence-corrected chi connectivity index (χ4v) is 9.35. The SMILES string of the molecule is CCCCCCCCOC(CCC(=O)OCCC1(CCOC(=O)CCC2OC3C4CCC(CC4)C3O2)CCN(CCCCO)CC1)OCCCCCCCC. The molecule has 10 heteroatoms. The number of aliphatic hydroxyl groups is 1. The molecule has 0 aromatic rings. The maximum Gasteiger partial charge on any atom is 0.305 e. The molecule has 2 heterocycles. The zero-order chi connectivity index (χ0) is 39.0. The molecule has 5 rings (SSSR count). The number of esters is 2. The number of unbranched alkanes of at least 4 members (excludes halogenated alkanes) is 11. The number of carbonyl (C=O) groups excluding carboxylic acids is 2. The summed E-state index contributed by atoms with van der Waals surface area (Å²) in [5.74, 6) is 0.828. The highest BCUT2D eigenvalue weighted by Crippen LogP contribution is 2.48. The smallest absolute Gasteiger partial charge is 0.305 e. The first-order valence-corrected chi connectivity index (χ1v) is 23.1. The average molecular weight is 780 g/mol. The van der Waals surface area contributed by atoms with Crippen LogP contribution in [0.15, 0.2) is 0 Å². The molecule has 3 saturated carbocycles. The average Bonchev–Trinajstić information content (AvgIpc) is 3.66. The first-order valence-electron chi connectivity index (χ1n) is 23.1. The number of hydrogen-bond acceptors (Lipinski definition) is 10. The molecule has 0 amide bonds.